The number of methoxy groups -OCH3 is 1. The lowest BCUT2D eigenvalue weighted by molar-refractivity contribution is 0.404. The second kappa shape index (κ2) is 5.31. The molecule has 0 radical (unpaired) electrons. The van der Waals surface area contributed by atoms with E-state index in [9.17, 15) is 0 Å². The molecule has 0 fully saturated rings. The maximum absolute atomic E-state index is 5.66. The van der Waals surface area contributed by atoms with Crippen molar-refractivity contribution in [2.45, 2.75) is 13.0 Å². The molecule has 1 atom stereocenters. The van der Waals surface area contributed by atoms with Gasteiger partial charge in [-0.15, -0.1) is 0 Å². The summed E-state index contributed by atoms with van der Waals surface area (Å²) in [5.74, 6) is 6.52. The highest BCUT2D eigenvalue weighted by Gasteiger charge is 2.17. The minimum absolute atomic E-state index is 0.0307. The molecule has 0 spiro atoms. The molecule has 0 bridgehead atoms. The van der Waals surface area contributed by atoms with E-state index in [1.165, 1.54) is 5.56 Å². The molecule has 3 N–H and O–H groups in total. The van der Waals surface area contributed by atoms with E-state index in [4.69, 9.17) is 10.6 Å². The van der Waals surface area contributed by atoms with E-state index in [0.717, 1.165) is 16.9 Å². The molecule has 0 aliphatic rings. The Morgan fingerprint density at radius 2 is 2.18 bits per heavy atom. The van der Waals surface area contributed by atoms with Gasteiger partial charge in [-0.3, -0.25) is 5.84 Å². The van der Waals surface area contributed by atoms with Gasteiger partial charge in [0, 0.05) is 5.56 Å². The van der Waals surface area contributed by atoms with Gasteiger partial charge in [-0.1, -0.05) is 12.1 Å². The first-order valence-corrected chi connectivity index (χ1v) is 6.33. The lowest BCUT2D eigenvalue weighted by atomic mass is 9.99. The first kappa shape index (κ1) is 12.1. The summed E-state index contributed by atoms with van der Waals surface area (Å²) in [6, 6.07) is 8.17. The van der Waals surface area contributed by atoms with E-state index in [1.54, 1.807) is 18.4 Å². The molecule has 0 saturated carbocycles. The van der Waals surface area contributed by atoms with E-state index >= 15 is 0 Å². The molecule has 1 heterocycles. The fourth-order valence-electron chi connectivity index (χ4n) is 1.86. The number of thiophene rings is 1. The average Bonchev–Trinajstić information content (AvgIpc) is 2.85. The van der Waals surface area contributed by atoms with Gasteiger partial charge >= 0.3 is 0 Å². The smallest absolute Gasteiger partial charge is 0.124 e. The standard InChI is InChI=1S/C13H16N2OS/c1-9-3-4-11(12(7-9)16-2)13(15-14)10-5-6-17-8-10/h3-8,13,15H,14H2,1-2H3. The average molecular weight is 248 g/mol. The Kier molecular flexibility index (Phi) is 3.78. The van der Waals surface area contributed by atoms with Gasteiger partial charge in [0.1, 0.15) is 5.75 Å². The van der Waals surface area contributed by atoms with E-state index in [0.29, 0.717) is 0 Å². The van der Waals surface area contributed by atoms with E-state index < -0.39 is 0 Å². The Labute approximate surface area is 105 Å². The summed E-state index contributed by atoms with van der Waals surface area (Å²) in [6.07, 6.45) is 0. The Bertz CT molecular complexity index is 482. The molecule has 17 heavy (non-hydrogen) atoms. The zero-order chi connectivity index (χ0) is 12.3. The summed E-state index contributed by atoms with van der Waals surface area (Å²) >= 11 is 1.66. The predicted molar refractivity (Wildman–Crippen MR) is 71.2 cm³/mol. The number of hydrogen-bond acceptors (Lipinski definition) is 4. The van der Waals surface area contributed by atoms with Gasteiger partial charge in [0.2, 0.25) is 0 Å². The first-order valence-electron chi connectivity index (χ1n) is 5.39. The van der Waals surface area contributed by atoms with E-state index in [2.05, 4.69) is 29.0 Å². The molecular formula is C13H16N2OS. The predicted octanol–water partition coefficient (Wildman–Crippen LogP) is 2.62. The van der Waals surface area contributed by atoms with Crippen molar-refractivity contribution in [3.05, 3.63) is 51.7 Å². The zero-order valence-electron chi connectivity index (χ0n) is 9.94. The van der Waals surface area contributed by atoms with E-state index in [-0.39, 0.29) is 6.04 Å². The highest BCUT2D eigenvalue weighted by Crippen LogP contribution is 2.31. The molecule has 4 heteroatoms. The molecule has 90 valence electrons. The van der Waals surface area contributed by atoms with Crippen LogP contribution in [0.15, 0.2) is 35.0 Å². The van der Waals surface area contributed by atoms with Gasteiger partial charge in [0.15, 0.2) is 0 Å². The SMILES string of the molecule is COc1cc(C)ccc1C(NN)c1ccsc1. The summed E-state index contributed by atoms with van der Waals surface area (Å²) in [5.41, 5.74) is 6.22. The van der Waals surface area contributed by atoms with Crippen molar-refractivity contribution in [3.8, 4) is 5.75 Å². The second-order valence-corrected chi connectivity index (χ2v) is 4.68. The Hall–Kier alpha value is -1.36. The molecule has 0 amide bonds. The largest absolute Gasteiger partial charge is 0.496 e. The number of hydrazine groups is 1. The summed E-state index contributed by atoms with van der Waals surface area (Å²) in [7, 11) is 1.68. The summed E-state index contributed by atoms with van der Waals surface area (Å²) < 4.78 is 5.41. The van der Waals surface area contributed by atoms with Gasteiger partial charge in [0.25, 0.3) is 0 Å². The number of ether oxygens (including phenoxy) is 1. The maximum Gasteiger partial charge on any atom is 0.124 e. The number of nitrogens with two attached hydrogens (primary N) is 1. The normalized spacial score (nSPS) is 12.4. The number of hydrogen-bond donors (Lipinski definition) is 2. The molecule has 0 saturated heterocycles. The number of benzene rings is 1. The summed E-state index contributed by atoms with van der Waals surface area (Å²) in [6.45, 7) is 2.04. The molecule has 2 rings (SSSR count). The van der Waals surface area contributed by atoms with Crippen LogP contribution in [0.4, 0.5) is 0 Å². The van der Waals surface area contributed by atoms with Crippen LogP contribution in [-0.2, 0) is 0 Å². The maximum atomic E-state index is 5.66. The topological polar surface area (TPSA) is 47.3 Å². The van der Waals surface area contributed by atoms with Gasteiger partial charge in [-0.25, -0.2) is 5.43 Å². The highest BCUT2D eigenvalue weighted by atomic mass is 32.1. The quantitative estimate of drug-likeness (QED) is 0.646. The van der Waals surface area contributed by atoms with Crippen LogP contribution in [0.1, 0.15) is 22.7 Å². The monoisotopic (exact) mass is 248 g/mol. The van der Waals surface area contributed by atoms with Gasteiger partial charge in [-0.2, -0.15) is 11.3 Å². The number of rotatable bonds is 4. The lowest BCUT2D eigenvalue weighted by Gasteiger charge is -2.18. The zero-order valence-corrected chi connectivity index (χ0v) is 10.8. The van der Waals surface area contributed by atoms with Crippen molar-refractivity contribution in [3.63, 3.8) is 0 Å². The molecule has 1 unspecified atom stereocenters. The van der Waals surface area contributed by atoms with Gasteiger partial charge < -0.3 is 4.74 Å². The van der Waals surface area contributed by atoms with Gasteiger partial charge in [0.05, 0.1) is 13.2 Å². The third-order valence-electron chi connectivity index (χ3n) is 2.74. The van der Waals surface area contributed by atoms with Crippen molar-refractivity contribution in [1.82, 2.24) is 5.43 Å². The number of nitrogens with one attached hydrogen (secondary N) is 1. The van der Waals surface area contributed by atoms with Crippen LogP contribution < -0.4 is 16.0 Å². The van der Waals surface area contributed by atoms with Crippen LogP contribution in [0.2, 0.25) is 0 Å². The Morgan fingerprint density at radius 1 is 1.35 bits per heavy atom. The molecule has 2 aromatic rings. The van der Waals surface area contributed by atoms with Crippen LogP contribution in [0.25, 0.3) is 0 Å². The van der Waals surface area contributed by atoms with Crippen LogP contribution in [0.3, 0.4) is 0 Å². The van der Waals surface area contributed by atoms with Crippen molar-refractivity contribution in [2.24, 2.45) is 5.84 Å². The van der Waals surface area contributed by atoms with Crippen molar-refractivity contribution in [1.29, 1.82) is 0 Å². The fraction of sp³-hybridized carbons (Fsp3) is 0.231. The van der Waals surface area contributed by atoms with Crippen molar-refractivity contribution >= 4 is 11.3 Å². The fourth-order valence-corrected chi connectivity index (χ4v) is 2.55. The molecule has 3 nitrogen and oxygen atoms in total. The minimum Gasteiger partial charge on any atom is -0.496 e. The first-order chi connectivity index (χ1) is 8.26. The third-order valence-corrected chi connectivity index (χ3v) is 3.44. The molecule has 1 aromatic carbocycles. The third kappa shape index (κ3) is 2.49. The second-order valence-electron chi connectivity index (χ2n) is 3.90. The van der Waals surface area contributed by atoms with Crippen molar-refractivity contribution in [2.75, 3.05) is 7.11 Å². The van der Waals surface area contributed by atoms with Crippen LogP contribution >= 0.6 is 11.3 Å². The minimum atomic E-state index is -0.0307. The van der Waals surface area contributed by atoms with Crippen LogP contribution in [0.5, 0.6) is 5.75 Å². The Morgan fingerprint density at radius 3 is 2.76 bits per heavy atom. The molecule has 0 aliphatic carbocycles. The van der Waals surface area contributed by atoms with Gasteiger partial charge in [-0.05, 0) is 40.9 Å². The molecular weight excluding hydrogens is 232 g/mol. The summed E-state index contributed by atoms with van der Waals surface area (Å²) in [5, 5.41) is 4.13. The highest BCUT2D eigenvalue weighted by molar-refractivity contribution is 7.08. The van der Waals surface area contributed by atoms with Crippen molar-refractivity contribution < 1.29 is 4.74 Å². The van der Waals surface area contributed by atoms with Crippen LogP contribution in [-0.4, -0.2) is 7.11 Å². The Balaban J connectivity index is 2.44. The number of aryl methyl sites for hydroxylation is 1. The molecule has 1 aromatic heterocycles. The lowest BCUT2D eigenvalue weighted by Crippen LogP contribution is -2.28. The van der Waals surface area contributed by atoms with E-state index in [1.807, 2.05) is 18.4 Å². The van der Waals surface area contributed by atoms with Crippen LogP contribution in [0, 0.1) is 6.92 Å². The summed E-state index contributed by atoms with van der Waals surface area (Å²) in [4.78, 5) is 0. The molecule has 0 aliphatic heterocycles.